The molecule has 8 heteroatoms. The maximum atomic E-state index is 13.1. The van der Waals surface area contributed by atoms with Crippen molar-refractivity contribution in [1.29, 1.82) is 0 Å². The lowest BCUT2D eigenvalue weighted by molar-refractivity contribution is 0.0697. The zero-order chi connectivity index (χ0) is 23.1. The van der Waals surface area contributed by atoms with Crippen LogP contribution in [0.3, 0.4) is 0 Å². The summed E-state index contributed by atoms with van der Waals surface area (Å²) in [5, 5.41) is 12.5. The Balaban J connectivity index is 1.79. The monoisotopic (exact) mass is 503 g/mol. The maximum Gasteiger partial charge on any atom is 0.335 e. The molecule has 0 saturated carbocycles. The molecule has 2 N–H and O–H groups in total. The summed E-state index contributed by atoms with van der Waals surface area (Å²) in [6.45, 7) is 2.99. The molecule has 0 aliphatic rings. The van der Waals surface area contributed by atoms with Gasteiger partial charge in [-0.1, -0.05) is 12.1 Å². The number of methoxy groups -OCH3 is 1. The Labute approximate surface area is 194 Å². The minimum atomic E-state index is -1.01. The van der Waals surface area contributed by atoms with Gasteiger partial charge in [0.05, 0.1) is 29.4 Å². The van der Waals surface area contributed by atoms with E-state index in [9.17, 15) is 14.3 Å². The van der Waals surface area contributed by atoms with E-state index in [1.807, 2.05) is 19.1 Å². The van der Waals surface area contributed by atoms with Crippen molar-refractivity contribution in [3.05, 3.63) is 81.6 Å². The average Bonchev–Trinajstić information content (AvgIpc) is 2.78. The van der Waals surface area contributed by atoms with E-state index in [-0.39, 0.29) is 18.0 Å². The number of carbonyl (C=O) groups is 1. The van der Waals surface area contributed by atoms with Crippen LogP contribution in [0.5, 0.6) is 17.2 Å². The fourth-order valence-corrected chi connectivity index (χ4v) is 3.64. The van der Waals surface area contributed by atoms with E-state index in [0.717, 1.165) is 11.1 Å². The molecule has 0 saturated heterocycles. The smallest absolute Gasteiger partial charge is 0.335 e. The second kappa shape index (κ2) is 10.9. The van der Waals surface area contributed by atoms with Gasteiger partial charge in [0.25, 0.3) is 0 Å². The largest absolute Gasteiger partial charge is 0.495 e. The first-order valence-electron chi connectivity index (χ1n) is 9.89. The highest BCUT2D eigenvalue weighted by Crippen LogP contribution is 2.38. The molecule has 6 nitrogen and oxygen atoms in total. The summed E-state index contributed by atoms with van der Waals surface area (Å²) in [6.07, 6.45) is 0. The molecule has 0 aliphatic carbocycles. The number of hydrogen-bond acceptors (Lipinski definition) is 5. The highest BCUT2D eigenvalue weighted by atomic mass is 79.9. The van der Waals surface area contributed by atoms with E-state index in [1.54, 1.807) is 18.2 Å². The maximum absolute atomic E-state index is 13.1. The number of aromatic carboxylic acids is 1. The minimum Gasteiger partial charge on any atom is -0.495 e. The second-order valence-electron chi connectivity index (χ2n) is 6.83. The lowest BCUT2D eigenvalue weighted by Crippen LogP contribution is -2.06. The number of ether oxygens (including phenoxy) is 3. The predicted molar refractivity (Wildman–Crippen MR) is 123 cm³/mol. The normalized spacial score (nSPS) is 10.5. The Morgan fingerprint density at radius 3 is 2.44 bits per heavy atom. The van der Waals surface area contributed by atoms with Gasteiger partial charge in [-0.25, -0.2) is 9.18 Å². The van der Waals surface area contributed by atoms with Crippen LogP contribution in [0.25, 0.3) is 0 Å². The third-order valence-corrected chi connectivity index (χ3v) is 5.18. The van der Waals surface area contributed by atoms with E-state index in [2.05, 4.69) is 21.2 Å². The molecule has 0 aliphatic heterocycles. The molecular formula is C24H23BrFNO5. The van der Waals surface area contributed by atoms with Crippen LogP contribution < -0.4 is 19.5 Å². The summed E-state index contributed by atoms with van der Waals surface area (Å²) >= 11 is 3.54. The standard InChI is InChI=1S/C24H23BrFNO5/c1-3-31-22-11-16(13-27-20-12-17(24(28)29)6-9-21(20)30-2)10-19(25)23(22)32-14-15-4-7-18(26)8-5-15/h4-12,27H,3,13-14H2,1-2H3,(H,28,29). The highest BCUT2D eigenvalue weighted by molar-refractivity contribution is 9.10. The number of anilines is 1. The predicted octanol–water partition coefficient (Wildman–Crippen LogP) is 5.88. The fraction of sp³-hybridized carbons (Fsp3) is 0.208. The summed E-state index contributed by atoms with van der Waals surface area (Å²) in [5.74, 6) is 0.336. The minimum absolute atomic E-state index is 0.161. The molecule has 0 atom stereocenters. The zero-order valence-electron chi connectivity index (χ0n) is 17.7. The highest BCUT2D eigenvalue weighted by Gasteiger charge is 2.14. The molecule has 32 heavy (non-hydrogen) atoms. The molecule has 168 valence electrons. The van der Waals surface area contributed by atoms with Gasteiger partial charge in [-0.05, 0) is 76.4 Å². The molecule has 3 rings (SSSR count). The van der Waals surface area contributed by atoms with Crippen molar-refractivity contribution in [3.63, 3.8) is 0 Å². The first kappa shape index (κ1) is 23.4. The van der Waals surface area contributed by atoms with Crippen LogP contribution in [0.15, 0.2) is 59.1 Å². The first-order chi connectivity index (χ1) is 15.4. The van der Waals surface area contributed by atoms with Crippen molar-refractivity contribution in [2.75, 3.05) is 19.0 Å². The van der Waals surface area contributed by atoms with Crippen molar-refractivity contribution in [1.82, 2.24) is 0 Å². The molecule has 0 radical (unpaired) electrons. The Bertz CT molecular complexity index is 1090. The van der Waals surface area contributed by atoms with Gasteiger partial charge in [0.1, 0.15) is 18.2 Å². The van der Waals surface area contributed by atoms with E-state index in [4.69, 9.17) is 14.2 Å². The van der Waals surface area contributed by atoms with Crippen molar-refractivity contribution in [3.8, 4) is 17.2 Å². The number of halogens is 2. The average molecular weight is 504 g/mol. The summed E-state index contributed by atoms with van der Waals surface area (Å²) in [5.41, 5.74) is 2.45. The summed E-state index contributed by atoms with van der Waals surface area (Å²) in [7, 11) is 1.53. The Hall–Kier alpha value is -3.26. The van der Waals surface area contributed by atoms with Gasteiger partial charge >= 0.3 is 5.97 Å². The van der Waals surface area contributed by atoms with E-state index >= 15 is 0 Å². The number of benzene rings is 3. The number of carboxylic acids is 1. The first-order valence-corrected chi connectivity index (χ1v) is 10.7. The Morgan fingerprint density at radius 2 is 1.78 bits per heavy atom. The number of rotatable bonds is 10. The van der Waals surface area contributed by atoms with Crippen LogP contribution in [-0.2, 0) is 13.2 Å². The zero-order valence-corrected chi connectivity index (χ0v) is 19.2. The fourth-order valence-electron chi connectivity index (χ4n) is 3.04. The molecule has 0 amide bonds. The van der Waals surface area contributed by atoms with Gasteiger partial charge in [0, 0.05) is 6.54 Å². The number of carboxylic acid groups (broad SMARTS) is 1. The summed E-state index contributed by atoms with van der Waals surface area (Å²) in [6, 6.07) is 14.5. The van der Waals surface area contributed by atoms with Gasteiger partial charge in [-0.2, -0.15) is 0 Å². The molecule has 0 bridgehead atoms. The van der Waals surface area contributed by atoms with Crippen LogP contribution in [-0.4, -0.2) is 24.8 Å². The second-order valence-corrected chi connectivity index (χ2v) is 7.68. The lowest BCUT2D eigenvalue weighted by Gasteiger charge is -2.17. The Kier molecular flexibility index (Phi) is 7.94. The molecular weight excluding hydrogens is 481 g/mol. The SMILES string of the molecule is CCOc1cc(CNc2cc(C(=O)O)ccc2OC)cc(Br)c1OCc1ccc(F)cc1. The van der Waals surface area contributed by atoms with Gasteiger partial charge in [-0.15, -0.1) is 0 Å². The number of hydrogen-bond donors (Lipinski definition) is 2. The topological polar surface area (TPSA) is 77.0 Å². The quantitative estimate of drug-likeness (QED) is 0.359. The molecule has 0 fully saturated rings. The van der Waals surface area contributed by atoms with Gasteiger partial charge in [0.15, 0.2) is 11.5 Å². The van der Waals surface area contributed by atoms with E-state index in [1.165, 1.54) is 31.4 Å². The van der Waals surface area contributed by atoms with Gasteiger partial charge in [0.2, 0.25) is 0 Å². The summed E-state index contributed by atoms with van der Waals surface area (Å²) in [4.78, 5) is 11.3. The van der Waals surface area contributed by atoms with Crippen LogP contribution in [0.2, 0.25) is 0 Å². The van der Waals surface area contributed by atoms with Crippen LogP contribution in [0.4, 0.5) is 10.1 Å². The van der Waals surface area contributed by atoms with E-state index in [0.29, 0.717) is 40.6 Å². The van der Waals surface area contributed by atoms with Gasteiger partial charge < -0.3 is 24.6 Å². The third-order valence-electron chi connectivity index (χ3n) is 4.59. The molecule has 3 aromatic carbocycles. The van der Waals surface area contributed by atoms with Crippen molar-refractivity contribution >= 4 is 27.6 Å². The van der Waals surface area contributed by atoms with Crippen molar-refractivity contribution in [2.45, 2.75) is 20.1 Å². The number of nitrogens with one attached hydrogen (secondary N) is 1. The third kappa shape index (κ3) is 5.91. The van der Waals surface area contributed by atoms with Crippen LogP contribution in [0.1, 0.15) is 28.4 Å². The van der Waals surface area contributed by atoms with Crippen LogP contribution in [0, 0.1) is 5.82 Å². The molecule has 0 unspecified atom stereocenters. The van der Waals surface area contributed by atoms with Gasteiger partial charge in [-0.3, -0.25) is 0 Å². The molecule has 0 spiro atoms. The summed E-state index contributed by atoms with van der Waals surface area (Å²) < 4.78 is 30.9. The molecule has 0 aromatic heterocycles. The lowest BCUT2D eigenvalue weighted by atomic mass is 10.1. The molecule has 0 heterocycles. The molecule has 3 aromatic rings. The van der Waals surface area contributed by atoms with E-state index < -0.39 is 5.97 Å². The van der Waals surface area contributed by atoms with Crippen molar-refractivity contribution < 1.29 is 28.5 Å². The van der Waals surface area contributed by atoms with Crippen molar-refractivity contribution in [2.24, 2.45) is 0 Å². The van der Waals surface area contributed by atoms with Crippen LogP contribution >= 0.6 is 15.9 Å². The Morgan fingerprint density at radius 1 is 1.03 bits per heavy atom.